The van der Waals surface area contributed by atoms with Gasteiger partial charge in [0.1, 0.15) is 5.78 Å². The quantitative estimate of drug-likeness (QED) is 0.444. The number of rotatable bonds is 10. The van der Waals surface area contributed by atoms with Gasteiger partial charge in [0.05, 0.1) is 6.10 Å². The van der Waals surface area contributed by atoms with Crippen molar-refractivity contribution in [2.24, 2.45) is 5.92 Å². The number of carbonyl (C=O) groups is 1. The minimum atomic E-state index is -1.96. The maximum atomic E-state index is 12.4. The molecule has 3 nitrogen and oxygen atoms in total. The van der Waals surface area contributed by atoms with Crippen molar-refractivity contribution in [3.8, 4) is 0 Å². The summed E-state index contributed by atoms with van der Waals surface area (Å²) in [7, 11) is -1.96. The molecule has 0 aliphatic heterocycles. The van der Waals surface area contributed by atoms with E-state index in [1.54, 1.807) is 19.1 Å². The van der Waals surface area contributed by atoms with Crippen molar-refractivity contribution in [1.29, 1.82) is 0 Å². The van der Waals surface area contributed by atoms with Gasteiger partial charge in [0.25, 0.3) is 0 Å². The van der Waals surface area contributed by atoms with Crippen molar-refractivity contribution in [2.45, 2.75) is 97.6 Å². The molecule has 0 aromatic carbocycles. The van der Waals surface area contributed by atoms with E-state index in [1.807, 2.05) is 13.8 Å². The molecule has 0 unspecified atom stereocenters. The SMILES string of the molecule is C/C=C/[C@@H](O)[C@H](C)C(=O)C[C@H](C)O[Si](C(C)C)(C(C)C)C(C)C. The zero-order chi connectivity index (χ0) is 18.4. The highest BCUT2D eigenvalue weighted by molar-refractivity contribution is 6.77. The Morgan fingerprint density at radius 3 is 1.78 bits per heavy atom. The van der Waals surface area contributed by atoms with Gasteiger partial charge in [-0.2, -0.15) is 0 Å². The van der Waals surface area contributed by atoms with Gasteiger partial charge in [0.2, 0.25) is 8.32 Å². The molecule has 0 aliphatic carbocycles. The van der Waals surface area contributed by atoms with E-state index in [0.717, 1.165) is 0 Å². The Balaban J connectivity index is 5.03. The summed E-state index contributed by atoms with van der Waals surface area (Å²) < 4.78 is 6.60. The fourth-order valence-corrected chi connectivity index (χ4v) is 9.42. The predicted molar refractivity (Wildman–Crippen MR) is 101 cm³/mol. The van der Waals surface area contributed by atoms with E-state index in [4.69, 9.17) is 4.43 Å². The summed E-state index contributed by atoms with van der Waals surface area (Å²) in [5.74, 6) is -0.312. The van der Waals surface area contributed by atoms with Gasteiger partial charge < -0.3 is 9.53 Å². The highest BCUT2D eigenvalue weighted by atomic mass is 28.4. The van der Waals surface area contributed by atoms with Gasteiger partial charge in [-0.1, -0.05) is 60.6 Å². The van der Waals surface area contributed by atoms with Crippen LogP contribution in [0.5, 0.6) is 0 Å². The average molecular weight is 343 g/mol. The van der Waals surface area contributed by atoms with Crippen molar-refractivity contribution in [2.75, 3.05) is 0 Å². The summed E-state index contributed by atoms with van der Waals surface area (Å²) in [6.45, 7) is 19.1. The standard InChI is InChI=1S/C19H38O3Si/c1-10-11-18(20)17(9)19(21)12-16(8)22-23(13(2)3,14(4)5)15(6)7/h10-11,13-18,20H,12H2,1-9H3/b11-10+/t16-,17-,18+/m0/s1. The summed E-state index contributed by atoms with van der Waals surface area (Å²) in [6, 6.07) is 0. The lowest BCUT2D eigenvalue weighted by molar-refractivity contribution is -0.126. The van der Waals surface area contributed by atoms with Crippen LogP contribution in [0, 0.1) is 5.92 Å². The number of ketones is 1. The second-order valence-electron chi connectivity index (χ2n) is 7.72. The van der Waals surface area contributed by atoms with E-state index in [0.29, 0.717) is 23.0 Å². The Bertz CT molecular complexity index is 366. The molecule has 0 rings (SSSR count). The molecule has 0 aliphatic rings. The topological polar surface area (TPSA) is 46.5 Å². The Hall–Kier alpha value is -0.453. The first-order chi connectivity index (χ1) is 10.5. The molecule has 1 N–H and O–H groups in total. The summed E-state index contributed by atoms with van der Waals surface area (Å²) in [4.78, 5) is 12.4. The number of Topliss-reactive ketones (excluding diaryl/α,β-unsaturated/α-hetero) is 1. The maximum Gasteiger partial charge on any atom is 0.200 e. The second-order valence-corrected chi connectivity index (χ2v) is 13.1. The molecule has 0 amide bonds. The molecule has 0 radical (unpaired) electrons. The van der Waals surface area contributed by atoms with E-state index < -0.39 is 14.4 Å². The first-order valence-electron chi connectivity index (χ1n) is 9.01. The second kappa shape index (κ2) is 9.75. The van der Waals surface area contributed by atoms with Crippen LogP contribution < -0.4 is 0 Å². The van der Waals surface area contributed by atoms with Crippen molar-refractivity contribution in [3.63, 3.8) is 0 Å². The van der Waals surface area contributed by atoms with Crippen LogP contribution in [0.3, 0.4) is 0 Å². The van der Waals surface area contributed by atoms with Crippen LogP contribution in [-0.4, -0.2) is 31.4 Å². The molecule has 0 heterocycles. The normalized spacial score (nSPS) is 17.3. The van der Waals surface area contributed by atoms with Gasteiger partial charge in [0.15, 0.2) is 0 Å². The maximum absolute atomic E-state index is 12.4. The largest absolute Gasteiger partial charge is 0.413 e. The summed E-state index contributed by atoms with van der Waals surface area (Å²) in [5.41, 5.74) is 1.52. The van der Waals surface area contributed by atoms with Crippen molar-refractivity contribution >= 4 is 14.1 Å². The van der Waals surface area contributed by atoms with Crippen LogP contribution in [0.25, 0.3) is 0 Å². The summed E-state index contributed by atoms with van der Waals surface area (Å²) in [6.07, 6.45) is 3.02. The minimum absolute atomic E-state index is 0.0715. The molecule has 0 spiro atoms. The molecule has 0 aromatic heterocycles. The van der Waals surface area contributed by atoms with Crippen LogP contribution in [0.4, 0.5) is 0 Å². The lowest BCUT2D eigenvalue weighted by Crippen LogP contribution is -2.50. The third kappa shape index (κ3) is 5.84. The molecule has 0 saturated heterocycles. The Morgan fingerprint density at radius 2 is 1.43 bits per heavy atom. The third-order valence-electron chi connectivity index (χ3n) is 5.01. The van der Waals surface area contributed by atoms with Gasteiger partial charge in [-0.05, 0) is 30.5 Å². The highest BCUT2D eigenvalue weighted by Gasteiger charge is 2.46. The first-order valence-corrected chi connectivity index (χ1v) is 11.2. The van der Waals surface area contributed by atoms with Crippen molar-refractivity contribution < 1.29 is 14.3 Å². The Morgan fingerprint density at radius 1 is 1.00 bits per heavy atom. The molecule has 0 aromatic rings. The number of aliphatic hydroxyl groups is 1. The van der Waals surface area contributed by atoms with Crippen molar-refractivity contribution in [1.82, 2.24) is 0 Å². The molecule has 0 saturated carbocycles. The summed E-state index contributed by atoms with van der Waals surface area (Å²) >= 11 is 0. The van der Waals surface area contributed by atoms with Crippen molar-refractivity contribution in [3.05, 3.63) is 12.2 Å². The predicted octanol–water partition coefficient (Wildman–Crippen LogP) is 5.10. The highest BCUT2D eigenvalue weighted by Crippen LogP contribution is 2.43. The van der Waals surface area contributed by atoms with Gasteiger partial charge in [-0.15, -0.1) is 0 Å². The van der Waals surface area contributed by atoms with Gasteiger partial charge in [-0.3, -0.25) is 4.79 Å². The van der Waals surface area contributed by atoms with E-state index in [-0.39, 0.29) is 17.8 Å². The first kappa shape index (κ1) is 22.5. The fourth-order valence-electron chi connectivity index (χ4n) is 3.82. The number of allylic oxidation sites excluding steroid dienone is 1. The Labute approximate surface area is 144 Å². The van der Waals surface area contributed by atoms with Crippen LogP contribution in [0.15, 0.2) is 12.2 Å². The number of carbonyl (C=O) groups excluding carboxylic acids is 1. The minimum Gasteiger partial charge on any atom is -0.413 e. The molecule has 23 heavy (non-hydrogen) atoms. The molecular weight excluding hydrogens is 304 g/mol. The van der Waals surface area contributed by atoms with Crippen LogP contribution in [-0.2, 0) is 9.22 Å². The number of aliphatic hydroxyl groups excluding tert-OH is 1. The lowest BCUT2D eigenvalue weighted by atomic mass is 9.95. The third-order valence-corrected chi connectivity index (χ3v) is 11.2. The molecular formula is C19H38O3Si. The smallest absolute Gasteiger partial charge is 0.200 e. The molecule has 0 bridgehead atoms. The lowest BCUT2D eigenvalue weighted by Gasteiger charge is -2.44. The fraction of sp³-hybridized carbons (Fsp3) is 0.842. The van der Waals surface area contributed by atoms with E-state index >= 15 is 0 Å². The van der Waals surface area contributed by atoms with Crippen LogP contribution >= 0.6 is 0 Å². The van der Waals surface area contributed by atoms with E-state index in [9.17, 15) is 9.90 Å². The molecule has 0 fully saturated rings. The zero-order valence-corrected chi connectivity index (χ0v) is 17.6. The summed E-state index contributed by atoms with van der Waals surface area (Å²) in [5, 5.41) is 9.96. The van der Waals surface area contributed by atoms with Gasteiger partial charge >= 0.3 is 0 Å². The van der Waals surface area contributed by atoms with E-state index in [2.05, 4.69) is 41.5 Å². The number of hydrogen-bond acceptors (Lipinski definition) is 3. The van der Waals surface area contributed by atoms with Crippen LogP contribution in [0.2, 0.25) is 16.6 Å². The average Bonchev–Trinajstić information content (AvgIpc) is 2.42. The van der Waals surface area contributed by atoms with E-state index in [1.165, 1.54) is 0 Å². The van der Waals surface area contributed by atoms with Crippen LogP contribution in [0.1, 0.15) is 68.7 Å². The Kier molecular flexibility index (Phi) is 9.56. The number of hydrogen-bond donors (Lipinski definition) is 1. The van der Waals surface area contributed by atoms with Gasteiger partial charge in [-0.25, -0.2) is 0 Å². The monoisotopic (exact) mass is 342 g/mol. The van der Waals surface area contributed by atoms with Gasteiger partial charge in [0, 0.05) is 18.4 Å². The molecule has 4 heteroatoms. The molecule has 136 valence electrons. The molecule has 3 atom stereocenters. The zero-order valence-electron chi connectivity index (χ0n) is 16.6.